The zero-order valence-electron chi connectivity index (χ0n) is 14.1. The quantitative estimate of drug-likeness (QED) is 0.645. The van der Waals surface area contributed by atoms with E-state index in [1.165, 1.54) is 25.3 Å². The van der Waals surface area contributed by atoms with Gasteiger partial charge in [-0.25, -0.2) is 13.6 Å². The van der Waals surface area contributed by atoms with Gasteiger partial charge in [0.15, 0.2) is 11.5 Å². The molecule has 0 aliphatic heterocycles. The molecule has 6 nitrogen and oxygen atoms in total. The van der Waals surface area contributed by atoms with Crippen LogP contribution in [0.25, 0.3) is 0 Å². The Labute approximate surface area is 151 Å². The topological polar surface area (TPSA) is 90.6 Å². The Hall–Kier alpha value is -2.23. The van der Waals surface area contributed by atoms with Crippen molar-refractivity contribution in [2.45, 2.75) is 24.5 Å². The van der Waals surface area contributed by atoms with Gasteiger partial charge >= 0.3 is 6.61 Å². The van der Waals surface area contributed by atoms with Gasteiger partial charge in [0.2, 0.25) is 10.0 Å². The molecule has 0 spiro atoms. The third-order valence-electron chi connectivity index (χ3n) is 3.62. The van der Waals surface area contributed by atoms with E-state index in [4.69, 9.17) is 9.88 Å². The molecule has 0 unspecified atom stereocenters. The normalized spacial score (nSPS) is 11.6. The highest BCUT2D eigenvalue weighted by atomic mass is 32.2. The van der Waals surface area contributed by atoms with Gasteiger partial charge in [-0.2, -0.15) is 8.78 Å². The van der Waals surface area contributed by atoms with E-state index < -0.39 is 16.6 Å². The van der Waals surface area contributed by atoms with Gasteiger partial charge in [0.25, 0.3) is 0 Å². The molecule has 0 fully saturated rings. The van der Waals surface area contributed by atoms with Gasteiger partial charge in [-0.1, -0.05) is 18.2 Å². The molecule has 2 rings (SSSR count). The summed E-state index contributed by atoms with van der Waals surface area (Å²) in [5.74, 6) is 0.226. The molecule has 0 heterocycles. The van der Waals surface area contributed by atoms with Gasteiger partial charge < -0.3 is 14.8 Å². The van der Waals surface area contributed by atoms with Gasteiger partial charge in [0.05, 0.1) is 12.0 Å². The third-order valence-corrected chi connectivity index (χ3v) is 4.54. The SMILES string of the molecule is COc1ccc(CNCCc2ccc(S(N)(=O)=O)cc2)cc1OC(F)F. The molecule has 0 radical (unpaired) electrons. The molecule has 26 heavy (non-hydrogen) atoms. The molecule has 0 aliphatic rings. The molecular weight excluding hydrogens is 366 g/mol. The molecule has 0 saturated heterocycles. The summed E-state index contributed by atoms with van der Waals surface area (Å²) in [6.45, 7) is -1.85. The number of alkyl halides is 2. The molecular formula is C17H20F2N2O4S. The summed E-state index contributed by atoms with van der Waals surface area (Å²) in [4.78, 5) is 0.0685. The summed E-state index contributed by atoms with van der Waals surface area (Å²) in [5.41, 5.74) is 1.72. The predicted molar refractivity (Wildman–Crippen MR) is 92.9 cm³/mol. The van der Waals surface area contributed by atoms with Crippen LogP contribution >= 0.6 is 0 Å². The minimum absolute atomic E-state index is 0.0135. The summed E-state index contributed by atoms with van der Waals surface area (Å²) >= 11 is 0. The average molecular weight is 386 g/mol. The van der Waals surface area contributed by atoms with Crippen molar-refractivity contribution >= 4 is 10.0 Å². The van der Waals surface area contributed by atoms with Gasteiger partial charge in [-0.15, -0.1) is 0 Å². The second kappa shape index (κ2) is 8.93. The number of hydrogen-bond acceptors (Lipinski definition) is 5. The number of sulfonamides is 1. The van der Waals surface area contributed by atoms with E-state index in [0.29, 0.717) is 19.5 Å². The van der Waals surface area contributed by atoms with Crippen molar-refractivity contribution in [3.8, 4) is 11.5 Å². The van der Waals surface area contributed by atoms with Crippen molar-refractivity contribution in [2.24, 2.45) is 5.14 Å². The number of rotatable bonds is 9. The molecule has 0 aromatic heterocycles. The van der Waals surface area contributed by atoms with Crippen LogP contribution in [0.4, 0.5) is 8.78 Å². The smallest absolute Gasteiger partial charge is 0.387 e. The minimum atomic E-state index is -3.69. The fraction of sp³-hybridized carbons (Fsp3) is 0.294. The maximum atomic E-state index is 12.4. The number of halogens is 2. The van der Waals surface area contributed by atoms with Crippen molar-refractivity contribution in [3.05, 3.63) is 53.6 Å². The third kappa shape index (κ3) is 5.94. The van der Waals surface area contributed by atoms with E-state index in [2.05, 4.69) is 10.1 Å². The van der Waals surface area contributed by atoms with Crippen molar-refractivity contribution in [3.63, 3.8) is 0 Å². The lowest BCUT2D eigenvalue weighted by Gasteiger charge is -2.12. The molecule has 9 heteroatoms. The monoisotopic (exact) mass is 386 g/mol. The summed E-state index contributed by atoms with van der Waals surface area (Å²) in [6, 6.07) is 11.1. The number of benzene rings is 2. The van der Waals surface area contributed by atoms with Gasteiger partial charge in [-0.05, 0) is 48.4 Å². The molecule has 3 N–H and O–H groups in total. The molecule has 0 atom stereocenters. The Balaban J connectivity index is 1.88. The second-order valence-corrected chi connectivity index (χ2v) is 7.04. The molecule has 0 saturated carbocycles. The van der Waals surface area contributed by atoms with E-state index in [1.54, 1.807) is 24.3 Å². The molecule has 0 aliphatic carbocycles. The summed E-state index contributed by atoms with van der Waals surface area (Å²) in [7, 11) is -2.31. The first-order chi connectivity index (χ1) is 12.3. The number of nitrogens with one attached hydrogen (secondary N) is 1. The van der Waals surface area contributed by atoms with Crippen LogP contribution < -0.4 is 19.9 Å². The maximum absolute atomic E-state index is 12.4. The van der Waals surface area contributed by atoms with Crippen LogP contribution in [0.3, 0.4) is 0 Å². The first-order valence-corrected chi connectivity index (χ1v) is 9.28. The predicted octanol–water partition coefficient (Wildman–Crippen LogP) is 2.28. The lowest BCUT2D eigenvalue weighted by Crippen LogP contribution is -2.17. The second-order valence-electron chi connectivity index (χ2n) is 5.48. The maximum Gasteiger partial charge on any atom is 0.387 e. The van der Waals surface area contributed by atoms with Crippen LogP contribution in [0.5, 0.6) is 11.5 Å². The van der Waals surface area contributed by atoms with E-state index in [-0.39, 0.29) is 16.4 Å². The highest BCUT2D eigenvalue weighted by molar-refractivity contribution is 7.89. The van der Waals surface area contributed by atoms with Gasteiger partial charge in [0, 0.05) is 6.54 Å². The Kier molecular flexibility index (Phi) is 6.90. The number of primary sulfonamides is 1. The summed E-state index contributed by atoms with van der Waals surface area (Å²) < 4.78 is 56.7. The first kappa shape index (κ1) is 20.1. The Morgan fingerprint density at radius 1 is 1.08 bits per heavy atom. The summed E-state index contributed by atoms with van der Waals surface area (Å²) in [6.07, 6.45) is 0.668. The highest BCUT2D eigenvalue weighted by Crippen LogP contribution is 2.29. The van der Waals surface area contributed by atoms with Crippen LogP contribution in [0.2, 0.25) is 0 Å². The van der Waals surface area contributed by atoms with Crippen LogP contribution in [0.1, 0.15) is 11.1 Å². The largest absolute Gasteiger partial charge is 0.493 e. The van der Waals surface area contributed by atoms with E-state index in [9.17, 15) is 17.2 Å². The summed E-state index contributed by atoms with van der Waals surface area (Å²) in [5, 5.41) is 8.24. The van der Waals surface area contributed by atoms with Crippen molar-refractivity contribution in [1.29, 1.82) is 0 Å². The van der Waals surface area contributed by atoms with Crippen LogP contribution in [0, 0.1) is 0 Å². The average Bonchev–Trinajstić information content (AvgIpc) is 2.58. The first-order valence-electron chi connectivity index (χ1n) is 7.74. The molecule has 2 aromatic carbocycles. The van der Waals surface area contributed by atoms with Gasteiger partial charge in [-0.3, -0.25) is 0 Å². The number of nitrogens with two attached hydrogens (primary N) is 1. The molecule has 0 amide bonds. The number of ether oxygens (including phenoxy) is 2. The van der Waals surface area contributed by atoms with Crippen LogP contribution in [-0.4, -0.2) is 28.7 Å². The number of methoxy groups -OCH3 is 1. The Morgan fingerprint density at radius 3 is 2.31 bits per heavy atom. The van der Waals surface area contributed by atoms with Gasteiger partial charge in [0.1, 0.15) is 0 Å². The zero-order chi connectivity index (χ0) is 19.2. The van der Waals surface area contributed by atoms with E-state index in [0.717, 1.165) is 11.1 Å². The lowest BCUT2D eigenvalue weighted by atomic mass is 10.1. The van der Waals surface area contributed by atoms with E-state index in [1.807, 2.05) is 0 Å². The Bertz CT molecular complexity index is 827. The molecule has 142 valence electrons. The van der Waals surface area contributed by atoms with Crippen molar-refractivity contribution in [1.82, 2.24) is 5.32 Å². The molecule has 2 aromatic rings. The van der Waals surface area contributed by atoms with Crippen LogP contribution in [-0.2, 0) is 23.0 Å². The standard InChI is InChI=1S/C17H20F2N2O4S/c1-24-15-7-4-13(10-16(15)25-17(18)19)11-21-9-8-12-2-5-14(6-3-12)26(20,22)23/h2-7,10,17,21H,8-9,11H2,1H3,(H2,20,22,23). The van der Waals surface area contributed by atoms with Crippen LogP contribution in [0.15, 0.2) is 47.4 Å². The zero-order valence-corrected chi connectivity index (χ0v) is 14.9. The van der Waals surface area contributed by atoms with Crippen molar-refractivity contribution in [2.75, 3.05) is 13.7 Å². The lowest BCUT2D eigenvalue weighted by molar-refractivity contribution is -0.0512. The minimum Gasteiger partial charge on any atom is -0.493 e. The molecule has 0 bridgehead atoms. The highest BCUT2D eigenvalue weighted by Gasteiger charge is 2.11. The fourth-order valence-electron chi connectivity index (χ4n) is 2.33. The van der Waals surface area contributed by atoms with Crippen molar-refractivity contribution < 1.29 is 26.7 Å². The van der Waals surface area contributed by atoms with E-state index >= 15 is 0 Å². The Morgan fingerprint density at radius 2 is 1.73 bits per heavy atom. The number of hydrogen-bond donors (Lipinski definition) is 2. The fourth-order valence-corrected chi connectivity index (χ4v) is 2.85.